The van der Waals surface area contributed by atoms with E-state index in [1.807, 2.05) is 0 Å². The fourth-order valence-electron chi connectivity index (χ4n) is 1.26. The summed E-state index contributed by atoms with van der Waals surface area (Å²) in [7, 11) is 0. The largest absolute Gasteiger partial charge is 0.390 e. The van der Waals surface area contributed by atoms with Crippen molar-refractivity contribution in [2.75, 3.05) is 0 Å². The molecule has 0 radical (unpaired) electrons. The van der Waals surface area contributed by atoms with Crippen molar-refractivity contribution < 1.29 is 13.9 Å². The van der Waals surface area contributed by atoms with Gasteiger partial charge in [-0.15, -0.1) is 0 Å². The zero-order chi connectivity index (χ0) is 10.1. The predicted molar refractivity (Wildman–Crippen MR) is 47.6 cm³/mol. The summed E-state index contributed by atoms with van der Waals surface area (Å²) >= 11 is 0. The van der Waals surface area contributed by atoms with Crippen molar-refractivity contribution in [2.45, 2.75) is 6.61 Å². The molecule has 0 aliphatic carbocycles. The Morgan fingerprint density at radius 1 is 1.14 bits per heavy atom. The lowest BCUT2D eigenvalue weighted by atomic mass is 10.2. The van der Waals surface area contributed by atoms with Gasteiger partial charge in [-0.3, -0.25) is 0 Å². The first-order valence-electron chi connectivity index (χ1n) is 4.07. The van der Waals surface area contributed by atoms with Gasteiger partial charge in [0.1, 0.15) is 5.52 Å². The second-order valence-corrected chi connectivity index (χ2v) is 2.89. The van der Waals surface area contributed by atoms with Gasteiger partial charge in [0.25, 0.3) is 0 Å². The van der Waals surface area contributed by atoms with Crippen LogP contribution in [-0.2, 0) is 6.61 Å². The Balaban J connectivity index is 2.78. The molecular formula is C10H7F2NO. The molecule has 0 spiro atoms. The number of rotatable bonds is 1. The van der Waals surface area contributed by atoms with Crippen molar-refractivity contribution in [3.05, 3.63) is 41.6 Å². The molecule has 0 amide bonds. The number of fused-ring (bicyclic) bond motifs is 1. The van der Waals surface area contributed by atoms with Crippen LogP contribution >= 0.6 is 0 Å². The molecule has 1 N–H and O–H groups in total. The molecule has 2 aromatic rings. The summed E-state index contributed by atoms with van der Waals surface area (Å²) in [4.78, 5) is 3.79. The molecule has 4 heteroatoms. The summed E-state index contributed by atoms with van der Waals surface area (Å²) in [6.45, 7) is -0.286. The van der Waals surface area contributed by atoms with E-state index in [0.717, 1.165) is 6.07 Å². The van der Waals surface area contributed by atoms with E-state index in [4.69, 9.17) is 5.11 Å². The molecule has 2 rings (SSSR count). The number of benzene rings is 1. The molecule has 1 aromatic heterocycles. The van der Waals surface area contributed by atoms with Crippen LogP contribution in [0.5, 0.6) is 0 Å². The molecule has 0 aliphatic rings. The minimum absolute atomic E-state index is 0.0449. The van der Waals surface area contributed by atoms with Crippen molar-refractivity contribution in [1.29, 1.82) is 0 Å². The monoisotopic (exact) mass is 195 g/mol. The van der Waals surface area contributed by atoms with Gasteiger partial charge in [-0.1, -0.05) is 6.07 Å². The van der Waals surface area contributed by atoms with Crippen LogP contribution in [0.2, 0.25) is 0 Å². The van der Waals surface area contributed by atoms with E-state index in [1.165, 1.54) is 6.07 Å². The van der Waals surface area contributed by atoms with Crippen LogP contribution in [0, 0.1) is 11.6 Å². The van der Waals surface area contributed by atoms with Gasteiger partial charge in [-0.05, 0) is 18.2 Å². The second kappa shape index (κ2) is 3.31. The summed E-state index contributed by atoms with van der Waals surface area (Å²) < 4.78 is 26.0. The molecule has 0 unspecified atom stereocenters. The normalized spacial score (nSPS) is 10.8. The molecule has 1 aromatic carbocycles. The van der Waals surface area contributed by atoms with E-state index >= 15 is 0 Å². The summed E-state index contributed by atoms with van der Waals surface area (Å²) in [5.74, 6) is -1.90. The third-order valence-corrected chi connectivity index (χ3v) is 1.97. The van der Waals surface area contributed by atoms with Crippen molar-refractivity contribution in [2.24, 2.45) is 0 Å². The van der Waals surface area contributed by atoms with Gasteiger partial charge in [0.05, 0.1) is 12.3 Å². The van der Waals surface area contributed by atoms with Crippen molar-refractivity contribution in [3.63, 3.8) is 0 Å². The third-order valence-electron chi connectivity index (χ3n) is 1.97. The summed E-state index contributed by atoms with van der Waals surface area (Å²) in [5, 5.41) is 9.29. The van der Waals surface area contributed by atoms with Crippen LogP contribution in [0.25, 0.3) is 10.9 Å². The van der Waals surface area contributed by atoms with Gasteiger partial charge >= 0.3 is 0 Å². The zero-order valence-electron chi connectivity index (χ0n) is 7.17. The Morgan fingerprint density at radius 2 is 1.86 bits per heavy atom. The highest BCUT2D eigenvalue weighted by Gasteiger charge is 2.08. The molecule has 1 heterocycles. The smallest absolute Gasteiger partial charge is 0.184 e. The van der Waals surface area contributed by atoms with E-state index < -0.39 is 11.6 Å². The molecular weight excluding hydrogens is 188 g/mol. The van der Waals surface area contributed by atoms with E-state index in [9.17, 15) is 8.78 Å². The first kappa shape index (κ1) is 9.02. The SMILES string of the molecule is OCc1ccc2ccc(F)c(F)c2n1. The maximum atomic E-state index is 13.2. The molecule has 0 saturated heterocycles. The van der Waals surface area contributed by atoms with Gasteiger partial charge in [0.15, 0.2) is 11.6 Å². The van der Waals surface area contributed by atoms with Gasteiger partial charge in [0, 0.05) is 5.39 Å². The number of hydrogen-bond acceptors (Lipinski definition) is 2. The van der Waals surface area contributed by atoms with Crippen molar-refractivity contribution in [3.8, 4) is 0 Å². The molecule has 2 nitrogen and oxygen atoms in total. The van der Waals surface area contributed by atoms with Gasteiger partial charge in [-0.2, -0.15) is 0 Å². The minimum Gasteiger partial charge on any atom is -0.390 e. The molecule has 0 saturated carbocycles. The number of halogens is 2. The van der Waals surface area contributed by atoms with E-state index in [2.05, 4.69) is 4.98 Å². The first-order valence-corrected chi connectivity index (χ1v) is 4.07. The van der Waals surface area contributed by atoms with E-state index in [1.54, 1.807) is 12.1 Å². The number of aliphatic hydroxyl groups excluding tert-OH is 1. The predicted octanol–water partition coefficient (Wildman–Crippen LogP) is 2.01. The van der Waals surface area contributed by atoms with Gasteiger partial charge in [-0.25, -0.2) is 13.8 Å². The Kier molecular flexibility index (Phi) is 2.13. The van der Waals surface area contributed by atoms with Gasteiger partial charge in [0.2, 0.25) is 0 Å². The quantitative estimate of drug-likeness (QED) is 0.755. The van der Waals surface area contributed by atoms with E-state index in [0.29, 0.717) is 11.1 Å². The topological polar surface area (TPSA) is 33.1 Å². The highest BCUT2D eigenvalue weighted by Crippen LogP contribution is 2.18. The molecule has 0 bridgehead atoms. The summed E-state index contributed by atoms with van der Waals surface area (Å²) in [6, 6.07) is 5.66. The van der Waals surface area contributed by atoms with Crippen molar-refractivity contribution in [1.82, 2.24) is 4.98 Å². The van der Waals surface area contributed by atoms with Gasteiger partial charge < -0.3 is 5.11 Å². The fraction of sp³-hybridized carbons (Fsp3) is 0.100. The molecule has 72 valence electrons. The number of aliphatic hydroxyl groups is 1. The number of aromatic nitrogens is 1. The molecule has 0 atom stereocenters. The first-order chi connectivity index (χ1) is 6.72. The summed E-state index contributed by atoms with van der Waals surface area (Å²) in [5.41, 5.74) is 0.276. The molecule has 0 fully saturated rings. The number of pyridine rings is 1. The average molecular weight is 195 g/mol. The number of nitrogens with zero attached hydrogens (tertiary/aromatic N) is 1. The lowest BCUT2D eigenvalue weighted by Crippen LogP contribution is -1.93. The van der Waals surface area contributed by atoms with Crippen LogP contribution in [0.15, 0.2) is 24.3 Å². The van der Waals surface area contributed by atoms with Crippen LogP contribution in [0.3, 0.4) is 0 Å². The molecule has 0 aliphatic heterocycles. The Labute approximate surface area is 78.8 Å². The second-order valence-electron chi connectivity index (χ2n) is 2.89. The van der Waals surface area contributed by atoms with Crippen LogP contribution in [-0.4, -0.2) is 10.1 Å². The highest BCUT2D eigenvalue weighted by atomic mass is 19.2. The summed E-state index contributed by atoms with van der Waals surface area (Å²) in [6.07, 6.45) is 0. The standard InChI is InChI=1S/C10H7F2NO/c11-8-4-2-6-1-3-7(5-14)13-10(6)9(8)12/h1-4,14H,5H2. The van der Waals surface area contributed by atoms with E-state index in [-0.39, 0.29) is 12.1 Å². The van der Waals surface area contributed by atoms with Crippen LogP contribution in [0.1, 0.15) is 5.69 Å². The maximum absolute atomic E-state index is 13.2. The molecule has 14 heavy (non-hydrogen) atoms. The Hall–Kier alpha value is -1.55. The van der Waals surface area contributed by atoms with Crippen LogP contribution in [0.4, 0.5) is 8.78 Å². The fourth-order valence-corrected chi connectivity index (χ4v) is 1.26. The zero-order valence-corrected chi connectivity index (χ0v) is 7.17. The minimum atomic E-state index is -0.974. The third kappa shape index (κ3) is 1.33. The Bertz CT molecular complexity index is 485. The van der Waals surface area contributed by atoms with Crippen LogP contribution < -0.4 is 0 Å². The number of hydrogen-bond donors (Lipinski definition) is 1. The average Bonchev–Trinajstić information content (AvgIpc) is 2.23. The highest BCUT2D eigenvalue weighted by molar-refractivity contribution is 5.79. The maximum Gasteiger partial charge on any atom is 0.184 e. The Morgan fingerprint density at radius 3 is 2.57 bits per heavy atom. The van der Waals surface area contributed by atoms with Crippen molar-refractivity contribution >= 4 is 10.9 Å². The lowest BCUT2D eigenvalue weighted by molar-refractivity contribution is 0.277. The lowest BCUT2D eigenvalue weighted by Gasteiger charge is -2.01.